The number of hydrogen-bond acceptors (Lipinski definition) is 2. The summed E-state index contributed by atoms with van der Waals surface area (Å²) in [5.74, 6) is 1.05. The highest BCUT2D eigenvalue weighted by atomic mass is 79.9. The molecule has 0 unspecified atom stereocenters. The van der Waals surface area contributed by atoms with Crippen molar-refractivity contribution in [1.82, 2.24) is 0 Å². The number of ether oxygens (including phenoxy) is 1. The lowest BCUT2D eigenvalue weighted by Crippen LogP contribution is -2.06. The molecule has 1 aliphatic rings. The molecule has 21 heavy (non-hydrogen) atoms. The van der Waals surface area contributed by atoms with E-state index in [0.29, 0.717) is 0 Å². The monoisotopic (exact) mass is 473 g/mol. The Morgan fingerprint density at radius 1 is 1.05 bits per heavy atom. The van der Waals surface area contributed by atoms with E-state index >= 15 is 0 Å². The summed E-state index contributed by atoms with van der Waals surface area (Å²) < 4.78 is 8.68. The van der Waals surface area contributed by atoms with Crippen LogP contribution in [0, 0.1) is 0 Å². The maximum atomic E-state index is 5.54. The molecule has 0 fully saturated rings. The van der Waals surface area contributed by atoms with Crippen LogP contribution in [0.15, 0.2) is 43.7 Å². The second kappa shape index (κ2) is 6.71. The van der Waals surface area contributed by atoms with Crippen molar-refractivity contribution in [3.05, 3.63) is 54.9 Å². The molecular formula is C16H14Br3NO. The van der Waals surface area contributed by atoms with Crippen molar-refractivity contribution in [2.75, 3.05) is 18.5 Å². The summed E-state index contributed by atoms with van der Waals surface area (Å²) in [4.78, 5) is 0. The third-order valence-electron chi connectivity index (χ3n) is 3.48. The van der Waals surface area contributed by atoms with E-state index in [1.165, 1.54) is 11.1 Å². The van der Waals surface area contributed by atoms with Crippen LogP contribution in [0.4, 0.5) is 5.69 Å². The van der Waals surface area contributed by atoms with Gasteiger partial charge >= 0.3 is 0 Å². The molecule has 2 aromatic rings. The molecule has 0 aromatic heterocycles. The summed E-state index contributed by atoms with van der Waals surface area (Å²) in [6.07, 6.45) is 2.02. The summed E-state index contributed by atoms with van der Waals surface area (Å²) >= 11 is 10.7. The normalized spacial score (nSPS) is 12.9. The van der Waals surface area contributed by atoms with Crippen LogP contribution in [0.1, 0.15) is 11.1 Å². The van der Waals surface area contributed by atoms with E-state index in [2.05, 4.69) is 71.3 Å². The SMILES string of the molecule is Brc1cc(Br)c(NCCc2ccc3c(c2)CCO3)c(Br)c1. The van der Waals surface area contributed by atoms with E-state index in [1.807, 2.05) is 12.1 Å². The smallest absolute Gasteiger partial charge is 0.122 e. The summed E-state index contributed by atoms with van der Waals surface area (Å²) in [7, 11) is 0. The average Bonchev–Trinajstić information content (AvgIpc) is 2.89. The number of nitrogens with one attached hydrogen (secondary N) is 1. The van der Waals surface area contributed by atoms with Crippen LogP contribution in [0.5, 0.6) is 5.75 Å². The van der Waals surface area contributed by atoms with Crippen molar-refractivity contribution >= 4 is 53.5 Å². The van der Waals surface area contributed by atoms with Crippen molar-refractivity contribution < 1.29 is 4.74 Å². The van der Waals surface area contributed by atoms with Gasteiger partial charge in [0.25, 0.3) is 0 Å². The number of benzene rings is 2. The van der Waals surface area contributed by atoms with Gasteiger partial charge in [-0.3, -0.25) is 0 Å². The second-order valence-corrected chi connectivity index (χ2v) is 7.59. The number of hydrogen-bond donors (Lipinski definition) is 1. The molecule has 0 saturated carbocycles. The lowest BCUT2D eigenvalue weighted by Gasteiger charge is -2.12. The fraction of sp³-hybridized carbons (Fsp3) is 0.250. The molecule has 5 heteroatoms. The standard InChI is InChI=1S/C16H14Br3NO/c17-12-8-13(18)16(14(19)9-12)20-5-3-10-1-2-15-11(7-10)4-6-21-15/h1-2,7-9,20H,3-6H2. The summed E-state index contributed by atoms with van der Waals surface area (Å²) in [6, 6.07) is 10.6. The van der Waals surface area contributed by atoms with Crippen LogP contribution >= 0.6 is 47.8 Å². The molecule has 0 radical (unpaired) electrons. The minimum atomic E-state index is 0.815. The van der Waals surface area contributed by atoms with Gasteiger partial charge in [0.05, 0.1) is 12.3 Å². The molecule has 0 saturated heterocycles. The van der Waals surface area contributed by atoms with E-state index < -0.39 is 0 Å². The molecule has 0 amide bonds. The molecule has 1 heterocycles. The van der Waals surface area contributed by atoms with Gasteiger partial charge in [0.1, 0.15) is 5.75 Å². The van der Waals surface area contributed by atoms with Crippen LogP contribution in [0.3, 0.4) is 0 Å². The van der Waals surface area contributed by atoms with Crippen LogP contribution < -0.4 is 10.1 Å². The van der Waals surface area contributed by atoms with Gasteiger partial charge in [0, 0.05) is 26.4 Å². The maximum Gasteiger partial charge on any atom is 0.122 e. The van der Waals surface area contributed by atoms with Crippen molar-refractivity contribution in [2.45, 2.75) is 12.8 Å². The number of anilines is 1. The third kappa shape index (κ3) is 3.63. The Bertz CT molecular complexity index is 650. The van der Waals surface area contributed by atoms with Gasteiger partial charge in [0.15, 0.2) is 0 Å². The predicted molar refractivity (Wildman–Crippen MR) is 97.4 cm³/mol. The fourth-order valence-electron chi connectivity index (χ4n) is 2.44. The Kier molecular flexibility index (Phi) is 4.92. The fourth-order valence-corrected chi connectivity index (χ4v) is 4.98. The molecule has 3 rings (SSSR count). The predicted octanol–water partition coefficient (Wildman–Crippen LogP) is 5.56. The van der Waals surface area contributed by atoms with E-state index in [4.69, 9.17) is 4.74 Å². The van der Waals surface area contributed by atoms with Crippen molar-refractivity contribution in [1.29, 1.82) is 0 Å². The first-order chi connectivity index (χ1) is 10.1. The topological polar surface area (TPSA) is 21.3 Å². The maximum absolute atomic E-state index is 5.54. The van der Waals surface area contributed by atoms with E-state index in [0.717, 1.165) is 50.8 Å². The highest BCUT2D eigenvalue weighted by Gasteiger charge is 2.12. The van der Waals surface area contributed by atoms with Gasteiger partial charge in [0.2, 0.25) is 0 Å². The van der Waals surface area contributed by atoms with Gasteiger partial charge in [-0.2, -0.15) is 0 Å². The molecule has 0 atom stereocenters. The largest absolute Gasteiger partial charge is 0.493 e. The first-order valence-corrected chi connectivity index (χ1v) is 9.14. The lowest BCUT2D eigenvalue weighted by atomic mass is 10.1. The van der Waals surface area contributed by atoms with E-state index in [9.17, 15) is 0 Å². The van der Waals surface area contributed by atoms with Gasteiger partial charge in [-0.05, 0) is 67.6 Å². The minimum absolute atomic E-state index is 0.815. The zero-order valence-electron chi connectivity index (χ0n) is 11.3. The molecule has 0 aliphatic carbocycles. The van der Waals surface area contributed by atoms with Gasteiger partial charge < -0.3 is 10.1 Å². The molecule has 2 nitrogen and oxygen atoms in total. The van der Waals surface area contributed by atoms with Crippen molar-refractivity contribution in [3.8, 4) is 5.75 Å². The Labute approximate surface area is 149 Å². The summed E-state index contributed by atoms with van der Waals surface area (Å²) in [5.41, 5.74) is 3.76. The average molecular weight is 476 g/mol. The minimum Gasteiger partial charge on any atom is -0.493 e. The van der Waals surface area contributed by atoms with Crippen LogP contribution in [-0.4, -0.2) is 13.2 Å². The molecular weight excluding hydrogens is 462 g/mol. The molecule has 0 bridgehead atoms. The Morgan fingerprint density at radius 3 is 2.57 bits per heavy atom. The highest BCUT2D eigenvalue weighted by molar-refractivity contribution is 9.11. The van der Waals surface area contributed by atoms with Crippen LogP contribution in [0.25, 0.3) is 0 Å². The quantitative estimate of drug-likeness (QED) is 0.624. The van der Waals surface area contributed by atoms with E-state index in [-0.39, 0.29) is 0 Å². The summed E-state index contributed by atoms with van der Waals surface area (Å²) in [5, 5.41) is 3.48. The highest BCUT2D eigenvalue weighted by Crippen LogP contribution is 2.34. The molecule has 1 N–H and O–H groups in total. The zero-order valence-corrected chi connectivity index (χ0v) is 16.0. The first kappa shape index (κ1) is 15.4. The summed E-state index contributed by atoms with van der Waals surface area (Å²) in [6.45, 7) is 1.70. The van der Waals surface area contributed by atoms with Gasteiger partial charge in [-0.25, -0.2) is 0 Å². The van der Waals surface area contributed by atoms with Crippen LogP contribution in [-0.2, 0) is 12.8 Å². The number of rotatable bonds is 4. The van der Waals surface area contributed by atoms with Gasteiger partial charge in [-0.1, -0.05) is 28.1 Å². The molecule has 0 spiro atoms. The van der Waals surface area contributed by atoms with Gasteiger partial charge in [-0.15, -0.1) is 0 Å². The lowest BCUT2D eigenvalue weighted by molar-refractivity contribution is 0.357. The Hall–Kier alpha value is -0.520. The number of fused-ring (bicyclic) bond motifs is 1. The first-order valence-electron chi connectivity index (χ1n) is 6.76. The zero-order chi connectivity index (χ0) is 14.8. The number of halogens is 3. The molecule has 110 valence electrons. The Balaban J connectivity index is 1.64. The second-order valence-electron chi connectivity index (χ2n) is 4.96. The van der Waals surface area contributed by atoms with Crippen molar-refractivity contribution in [3.63, 3.8) is 0 Å². The van der Waals surface area contributed by atoms with E-state index in [1.54, 1.807) is 0 Å². The third-order valence-corrected chi connectivity index (χ3v) is 5.18. The molecule has 1 aliphatic heterocycles. The van der Waals surface area contributed by atoms with Crippen molar-refractivity contribution in [2.24, 2.45) is 0 Å². The Morgan fingerprint density at radius 2 is 1.81 bits per heavy atom. The molecule has 2 aromatic carbocycles. The van der Waals surface area contributed by atoms with Crippen LogP contribution in [0.2, 0.25) is 0 Å².